The minimum atomic E-state index is 0.827. The topological polar surface area (TPSA) is 0 Å². The molecule has 0 aliphatic rings. The third-order valence-corrected chi connectivity index (χ3v) is 3.71. The highest BCUT2D eigenvalue weighted by atomic mass is 35.5. The molecule has 0 aromatic heterocycles. The fourth-order valence-electron chi connectivity index (χ4n) is 2.08. The summed E-state index contributed by atoms with van der Waals surface area (Å²) in [5.41, 5.74) is 0. The molecule has 0 atom stereocenters. The Balaban J connectivity index is 0. The molecule has 118 valence electrons. The molecule has 0 N–H and O–H groups in total. The van der Waals surface area contributed by atoms with Gasteiger partial charge in [0.05, 0.1) is 0 Å². The normalized spacial score (nSPS) is 10.1. The second-order valence-electron chi connectivity index (χ2n) is 5.58. The van der Waals surface area contributed by atoms with Crippen LogP contribution in [0.25, 0.3) is 0 Å². The Kier molecular flexibility index (Phi) is 26.6. The van der Waals surface area contributed by atoms with E-state index in [1.807, 2.05) is 0 Å². The fourth-order valence-corrected chi connectivity index (χ4v) is 2.27. The maximum atomic E-state index is 5.38. The van der Waals surface area contributed by atoms with Gasteiger partial charge in [0, 0.05) is 5.88 Å². The van der Waals surface area contributed by atoms with Crippen molar-refractivity contribution in [3.8, 4) is 0 Å². The lowest BCUT2D eigenvalue weighted by Gasteiger charge is -2.00. The van der Waals surface area contributed by atoms with Crippen molar-refractivity contribution in [2.24, 2.45) is 0 Å². The van der Waals surface area contributed by atoms with Crippen LogP contribution in [0.15, 0.2) is 0 Å². The molecule has 0 aliphatic carbocycles. The molecular weight excluding hydrogens is 252 g/mol. The van der Waals surface area contributed by atoms with Gasteiger partial charge in [0.25, 0.3) is 0 Å². The summed E-state index contributed by atoms with van der Waals surface area (Å²) < 4.78 is 0. The number of alkyl halides is 1. The van der Waals surface area contributed by atoms with Crippen LogP contribution in [0.5, 0.6) is 0 Å². The zero-order chi connectivity index (χ0) is 14.6. The molecule has 0 rings (SSSR count). The molecule has 1 heteroatoms. The van der Waals surface area contributed by atoms with Gasteiger partial charge in [0.15, 0.2) is 0 Å². The Morgan fingerprint density at radius 2 is 0.684 bits per heavy atom. The second-order valence-corrected chi connectivity index (χ2v) is 5.96. The number of halogens is 1. The SMILES string of the molecule is CCCCCCCCCCCCC.CCCCCCl. The average Bonchev–Trinajstić information content (AvgIpc) is 2.44. The smallest absolute Gasteiger partial charge is 0.0223 e. The van der Waals surface area contributed by atoms with Gasteiger partial charge in [-0.3, -0.25) is 0 Å². The molecule has 0 unspecified atom stereocenters. The lowest BCUT2D eigenvalue weighted by Crippen LogP contribution is -1.80. The van der Waals surface area contributed by atoms with Crippen molar-refractivity contribution in [2.45, 2.75) is 111 Å². The lowest BCUT2D eigenvalue weighted by atomic mass is 10.1. The minimum Gasteiger partial charge on any atom is -0.127 e. The predicted molar refractivity (Wildman–Crippen MR) is 92.4 cm³/mol. The van der Waals surface area contributed by atoms with Crippen molar-refractivity contribution in [1.82, 2.24) is 0 Å². The fraction of sp³-hybridized carbons (Fsp3) is 1.00. The van der Waals surface area contributed by atoms with Gasteiger partial charge in [0.2, 0.25) is 0 Å². The summed E-state index contributed by atoms with van der Waals surface area (Å²) in [5.74, 6) is 0.827. The summed E-state index contributed by atoms with van der Waals surface area (Å²) in [7, 11) is 0. The lowest BCUT2D eigenvalue weighted by molar-refractivity contribution is 0.554. The zero-order valence-corrected chi connectivity index (χ0v) is 14.7. The van der Waals surface area contributed by atoms with Gasteiger partial charge in [-0.05, 0) is 6.42 Å². The summed E-state index contributed by atoms with van der Waals surface area (Å²) >= 11 is 5.38. The quantitative estimate of drug-likeness (QED) is 0.240. The third kappa shape index (κ3) is 27.5. The number of rotatable bonds is 13. The van der Waals surface area contributed by atoms with Crippen molar-refractivity contribution in [3.05, 3.63) is 0 Å². The predicted octanol–water partition coefficient (Wildman–Crippen LogP) is 7.73. The first-order valence-corrected chi connectivity index (χ1v) is 9.42. The van der Waals surface area contributed by atoms with Crippen molar-refractivity contribution < 1.29 is 0 Å². The van der Waals surface area contributed by atoms with Crippen LogP contribution in [-0.2, 0) is 0 Å². The molecule has 19 heavy (non-hydrogen) atoms. The number of unbranched alkanes of at least 4 members (excludes halogenated alkanes) is 12. The molecule has 0 aromatic carbocycles. The standard InChI is InChI=1S/C13H28.C5H11Cl/c1-3-5-7-9-11-13-12-10-8-6-4-2;1-2-3-4-5-6/h3-13H2,1-2H3;2-5H2,1H3. The van der Waals surface area contributed by atoms with E-state index >= 15 is 0 Å². The largest absolute Gasteiger partial charge is 0.127 e. The first kappa shape index (κ1) is 21.6. The van der Waals surface area contributed by atoms with Crippen LogP contribution in [0.1, 0.15) is 111 Å². The van der Waals surface area contributed by atoms with Gasteiger partial charge >= 0.3 is 0 Å². The molecule has 0 saturated heterocycles. The van der Waals surface area contributed by atoms with Crippen molar-refractivity contribution in [3.63, 3.8) is 0 Å². The first-order valence-electron chi connectivity index (χ1n) is 8.89. The van der Waals surface area contributed by atoms with Crippen LogP contribution >= 0.6 is 11.6 Å². The molecule has 0 heterocycles. The van der Waals surface area contributed by atoms with E-state index in [0.29, 0.717) is 0 Å². The molecule has 0 aromatic rings. The van der Waals surface area contributed by atoms with Crippen LogP contribution in [0.3, 0.4) is 0 Å². The number of hydrogen-bond donors (Lipinski definition) is 0. The highest BCUT2D eigenvalue weighted by Crippen LogP contribution is 2.10. The zero-order valence-electron chi connectivity index (χ0n) is 14.0. The van der Waals surface area contributed by atoms with Crippen LogP contribution in [0.2, 0.25) is 0 Å². The third-order valence-electron chi connectivity index (χ3n) is 3.44. The van der Waals surface area contributed by atoms with Gasteiger partial charge in [-0.25, -0.2) is 0 Å². The molecule has 0 bridgehead atoms. The summed E-state index contributed by atoms with van der Waals surface area (Å²) in [4.78, 5) is 0. The van der Waals surface area contributed by atoms with Crippen LogP contribution < -0.4 is 0 Å². The molecule has 0 nitrogen and oxygen atoms in total. The Morgan fingerprint density at radius 1 is 0.421 bits per heavy atom. The van der Waals surface area contributed by atoms with E-state index in [0.717, 1.165) is 5.88 Å². The van der Waals surface area contributed by atoms with E-state index in [2.05, 4.69) is 20.8 Å². The molecule has 0 spiro atoms. The van der Waals surface area contributed by atoms with Gasteiger partial charge in [-0.15, -0.1) is 11.6 Å². The van der Waals surface area contributed by atoms with Crippen molar-refractivity contribution >= 4 is 11.6 Å². The second kappa shape index (κ2) is 23.4. The Bertz CT molecular complexity index is 109. The van der Waals surface area contributed by atoms with Crippen molar-refractivity contribution in [1.29, 1.82) is 0 Å². The molecule has 0 saturated carbocycles. The van der Waals surface area contributed by atoms with Crippen molar-refractivity contribution in [2.75, 3.05) is 5.88 Å². The van der Waals surface area contributed by atoms with Crippen LogP contribution in [0.4, 0.5) is 0 Å². The van der Waals surface area contributed by atoms with Crippen LogP contribution in [0, 0.1) is 0 Å². The van der Waals surface area contributed by atoms with Gasteiger partial charge in [0.1, 0.15) is 0 Å². The Hall–Kier alpha value is 0.290. The highest BCUT2D eigenvalue weighted by Gasteiger charge is 1.90. The molecular formula is C18H39Cl. The maximum absolute atomic E-state index is 5.38. The van der Waals surface area contributed by atoms with E-state index in [4.69, 9.17) is 11.6 Å². The molecule has 0 fully saturated rings. The summed E-state index contributed by atoms with van der Waals surface area (Å²) in [6, 6.07) is 0. The van der Waals surface area contributed by atoms with E-state index in [1.165, 1.54) is 89.9 Å². The number of hydrogen-bond acceptors (Lipinski definition) is 0. The van der Waals surface area contributed by atoms with E-state index < -0.39 is 0 Å². The first-order chi connectivity index (χ1) is 9.33. The monoisotopic (exact) mass is 290 g/mol. The van der Waals surface area contributed by atoms with E-state index in [-0.39, 0.29) is 0 Å². The summed E-state index contributed by atoms with van der Waals surface area (Å²) in [6.45, 7) is 6.74. The van der Waals surface area contributed by atoms with Gasteiger partial charge in [-0.1, -0.05) is 104 Å². The highest BCUT2D eigenvalue weighted by molar-refractivity contribution is 6.17. The molecule has 0 aliphatic heterocycles. The van der Waals surface area contributed by atoms with E-state index in [9.17, 15) is 0 Å². The summed E-state index contributed by atoms with van der Waals surface area (Å²) in [6.07, 6.45) is 19.7. The Labute approximate surface area is 128 Å². The molecule has 0 radical (unpaired) electrons. The summed E-state index contributed by atoms with van der Waals surface area (Å²) in [5, 5.41) is 0. The Morgan fingerprint density at radius 3 is 0.895 bits per heavy atom. The van der Waals surface area contributed by atoms with Gasteiger partial charge < -0.3 is 0 Å². The maximum Gasteiger partial charge on any atom is 0.0223 e. The van der Waals surface area contributed by atoms with Gasteiger partial charge in [-0.2, -0.15) is 0 Å². The van der Waals surface area contributed by atoms with Crippen LogP contribution in [-0.4, -0.2) is 5.88 Å². The molecule has 0 amide bonds. The minimum absolute atomic E-state index is 0.827. The average molecular weight is 291 g/mol. The van der Waals surface area contributed by atoms with E-state index in [1.54, 1.807) is 0 Å².